The smallest absolute Gasteiger partial charge is 0.329 e. The van der Waals surface area contributed by atoms with Crippen molar-refractivity contribution in [2.45, 2.75) is 187 Å². The Labute approximate surface area is 486 Å². The van der Waals surface area contributed by atoms with Crippen molar-refractivity contribution < 1.29 is 62.5 Å². The molecule has 0 heterocycles. The lowest BCUT2D eigenvalue weighted by molar-refractivity contribution is -0.159. The number of aromatic hydroxyl groups is 1. The number of phenolic OH excluding ortho intramolecular Hbond substituents is 1. The number of benzene rings is 3. The molecule has 0 fully saturated rings. The lowest BCUT2D eigenvalue weighted by Crippen LogP contribution is -2.53. The summed E-state index contributed by atoms with van der Waals surface area (Å²) in [5.74, 6) is -5.08. The zero-order chi connectivity index (χ0) is 61.0. The van der Waals surface area contributed by atoms with Gasteiger partial charge in [-0.3, -0.25) is 28.8 Å². The maximum Gasteiger partial charge on any atom is 0.329 e. The molecule has 0 aliphatic carbocycles. The number of ketones is 2. The van der Waals surface area contributed by atoms with E-state index in [4.69, 9.17) is 31.3 Å². The third-order valence-electron chi connectivity index (χ3n) is 12.1. The molecule has 5 amide bonds. The topological polar surface area (TPSA) is 302 Å². The van der Waals surface area contributed by atoms with Crippen molar-refractivity contribution in [2.75, 3.05) is 19.6 Å². The number of esters is 3. The molecule has 4 atom stereocenters. The predicted octanol–water partition coefficient (Wildman–Crippen LogP) is 8.88. The number of urea groups is 1. The van der Waals surface area contributed by atoms with Gasteiger partial charge in [0, 0.05) is 80.6 Å². The molecule has 82 heavy (non-hydrogen) atoms. The van der Waals surface area contributed by atoms with Crippen LogP contribution in [0.2, 0.25) is 5.02 Å². The van der Waals surface area contributed by atoms with Gasteiger partial charge in [-0.15, -0.1) is 0 Å². The molecule has 3 aromatic rings. The molecule has 0 saturated heterocycles. The van der Waals surface area contributed by atoms with Gasteiger partial charge in [-0.2, -0.15) is 0 Å². The van der Waals surface area contributed by atoms with Gasteiger partial charge in [0.05, 0.1) is 6.04 Å². The maximum absolute atomic E-state index is 14.1. The first kappa shape index (κ1) is 68.8. The van der Waals surface area contributed by atoms with Gasteiger partial charge in [0.2, 0.25) is 17.7 Å². The summed E-state index contributed by atoms with van der Waals surface area (Å²) in [5.41, 5.74) is 8.15. The van der Waals surface area contributed by atoms with Gasteiger partial charge in [0.15, 0.2) is 5.78 Å². The molecule has 3 aromatic carbocycles. The molecule has 0 aromatic heterocycles. The number of rotatable bonds is 33. The maximum atomic E-state index is 14.1. The summed E-state index contributed by atoms with van der Waals surface area (Å²) in [7, 11) is 0. The third-order valence-corrected chi connectivity index (χ3v) is 12.4. The average Bonchev–Trinajstić information content (AvgIpc) is 3.42. The summed E-state index contributed by atoms with van der Waals surface area (Å²) < 4.78 is 16.6. The van der Waals surface area contributed by atoms with E-state index in [2.05, 4.69) is 31.3 Å². The van der Waals surface area contributed by atoms with Gasteiger partial charge in [0.25, 0.3) is 0 Å². The number of carbonyl (C=O) groups is 9. The Balaban J connectivity index is 1.70. The Bertz CT molecular complexity index is 2660. The fourth-order valence-corrected chi connectivity index (χ4v) is 8.52. The van der Waals surface area contributed by atoms with Crippen molar-refractivity contribution in [3.8, 4) is 5.75 Å². The molecule has 0 bridgehead atoms. The molecular weight excluding hydrogens is 1080 g/mol. The Morgan fingerprint density at radius 1 is 0.646 bits per heavy atom. The fourth-order valence-electron chi connectivity index (χ4n) is 8.31. The van der Waals surface area contributed by atoms with Crippen LogP contribution in [0.3, 0.4) is 0 Å². The van der Waals surface area contributed by atoms with Crippen LogP contribution in [0.25, 0.3) is 10.4 Å². The van der Waals surface area contributed by atoms with E-state index in [0.29, 0.717) is 35.4 Å². The second-order valence-electron chi connectivity index (χ2n) is 23.0. The molecule has 22 heteroatoms. The lowest BCUT2D eigenvalue weighted by Gasteiger charge is -2.27. The Morgan fingerprint density at radius 2 is 1.23 bits per heavy atom. The van der Waals surface area contributed by atoms with E-state index in [9.17, 15) is 48.3 Å². The van der Waals surface area contributed by atoms with Crippen LogP contribution in [-0.4, -0.2) is 118 Å². The number of Topliss-reactive ketones (excluding diaryl/α,β-unsaturated/α-hetero) is 2. The number of amides is 5. The number of hydrogen-bond acceptors (Lipinski definition) is 14. The van der Waals surface area contributed by atoms with Crippen molar-refractivity contribution >= 4 is 64.8 Å². The van der Waals surface area contributed by atoms with Crippen molar-refractivity contribution in [2.24, 2.45) is 11.0 Å². The predicted molar refractivity (Wildman–Crippen MR) is 309 cm³/mol. The number of unbranched alkanes of at least 4 members (excludes halogenated alkanes) is 1. The second kappa shape index (κ2) is 34.1. The summed E-state index contributed by atoms with van der Waals surface area (Å²) in [6, 6.07) is 17.8. The van der Waals surface area contributed by atoms with E-state index in [1.807, 2.05) is 6.07 Å². The van der Waals surface area contributed by atoms with E-state index >= 15 is 0 Å². The minimum absolute atomic E-state index is 0.0343. The van der Waals surface area contributed by atoms with Gasteiger partial charge >= 0.3 is 23.9 Å². The van der Waals surface area contributed by atoms with Crippen LogP contribution >= 0.6 is 11.6 Å². The van der Waals surface area contributed by atoms with E-state index in [-0.39, 0.29) is 108 Å². The lowest BCUT2D eigenvalue weighted by atomic mass is 9.89. The Morgan fingerprint density at radius 3 is 1.83 bits per heavy atom. The number of nitrogens with one attached hydrogen (secondary N) is 4. The molecule has 3 rings (SSSR count). The van der Waals surface area contributed by atoms with Crippen LogP contribution in [-0.2, 0) is 72.0 Å². The van der Waals surface area contributed by atoms with E-state index < -0.39 is 82.4 Å². The first-order valence-electron chi connectivity index (χ1n) is 27.7. The van der Waals surface area contributed by atoms with Crippen LogP contribution in [0, 0.1) is 5.92 Å². The number of azide groups is 1. The average molecular weight is 1160 g/mol. The first-order valence-corrected chi connectivity index (χ1v) is 28.1. The van der Waals surface area contributed by atoms with E-state index in [1.165, 1.54) is 12.1 Å². The normalized spacial score (nSPS) is 12.9. The van der Waals surface area contributed by atoms with Crippen molar-refractivity contribution in [3.63, 3.8) is 0 Å². The summed E-state index contributed by atoms with van der Waals surface area (Å²) in [4.78, 5) is 126. The minimum atomic E-state index is -1.28. The zero-order valence-electron chi connectivity index (χ0n) is 48.8. The highest BCUT2D eigenvalue weighted by atomic mass is 35.5. The number of phenols is 1. The molecule has 0 saturated carbocycles. The van der Waals surface area contributed by atoms with Crippen LogP contribution in [0.4, 0.5) is 4.79 Å². The SMILES string of the molecule is CC(C)(C)OC(=O)CC[C@H](NC(=O)N[C@@H](CCCCN(Cc1cccc(Cl)c1)C(=O)CCC(=O)CCC(=O)N[C@@H](Cc1ccccc1)C(=O)C[C@@H](Cc1ccc(O)cc1)C(=O)NCCCN=[N+]=[N-])C(=O)OC(C)(C)C)C(=O)OC(C)(C)C. The van der Waals surface area contributed by atoms with Crippen LogP contribution < -0.4 is 21.3 Å². The summed E-state index contributed by atoms with van der Waals surface area (Å²) in [6.45, 7) is 15.8. The largest absolute Gasteiger partial charge is 0.508 e. The first-order chi connectivity index (χ1) is 38.5. The number of ether oxygens (including phenoxy) is 3. The Kier molecular flexibility index (Phi) is 28.6. The highest BCUT2D eigenvalue weighted by molar-refractivity contribution is 6.30. The van der Waals surface area contributed by atoms with Crippen molar-refractivity contribution in [1.82, 2.24) is 26.2 Å². The molecule has 0 aliphatic heterocycles. The van der Waals surface area contributed by atoms with E-state index in [0.717, 1.165) is 5.56 Å². The zero-order valence-corrected chi connectivity index (χ0v) is 49.6. The monoisotopic (exact) mass is 1160 g/mol. The summed E-state index contributed by atoms with van der Waals surface area (Å²) in [5, 5.41) is 24.5. The minimum Gasteiger partial charge on any atom is -0.508 e. The molecule has 0 spiro atoms. The highest BCUT2D eigenvalue weighted by Gasteiger charge is 2.33. The molecule has 5 N–H and O–H groups in total. The molecule has 0 aliphatic rings. The Hall–Kier alpha value is -7.51. The number of hydrogen-bond donors (Lipinski definition) is 5. The fraction of sp³-hybridized carbons (Fsp3) is 0.550. The standard InChI is InChI=1S/C60H83ClN8O13/c1-58(2,3)80-53(75)31-28-48(56(78)82-60(7,8)9)67-57(79)66-47(55(77)81-59(4,5)6)21-13-14-34-69(39-42-19-15-20-44(61)36-42)52(74)30-27-46(71)26-29-51(73)65-49(37-40-17-11-10-12-18-40)50(72)38-43(35-41-22-24-45(70)25-23-41)54(76)63-32-16-33-64-68-62/h10-12,15,17-20,22-25,36,43,47-49,70H,13-14,16,21,26-35,37-39H2,1-9H3,(H,63,76)(H,65,73)(H2,66,67,79)/t43-,47+,48+,49+/m1/s1. The van der Waals surface area contributed by atoms with Gasteiger partial charge < -0.3 is 45.5 Å². The summed E-state index contributed by atoms with van der Waals surface area (Å²) >= 11 is 6.30. The van der Waals surface area contributed by atoms with Crippen molar-refractivity contribution in [1.29, 1.82) is 0 Å². The molecule has 448 valence electrons. The van der Waals surface area contributed by atoms with Gasteiger partial charge in [0.1, 0.15) is 40.4 Å². The molecule has 21 nitrogen and oxygen atoms in total. The second-order valence-corrected chi connectivity index (χ2v) is 23.5. The third kappa shape index (κ3) is 29.3. The van der Waals surface area contributed by atoms with E-state index in [1.54, 1.807) is 128 Å². The number of nitrogens with zero attached hydrogens (tertiary/aromatic N) is 4. The van der Waals surface area contributed by atoms with Gasteiger partial charge in [-0.05, 0) is 154 Å². The molecular formula is C60H83ClN8O13. The van der Waals surface area contributed by atoms with Crippen molar-refractivity contribution in [3.05, 3.63) is 111 Å². The number of carbonyl (C=O) groups excluding carboxylic acids is 9. The van der Waals surface area contributed by atoms with Gasteiger partial charge in [-0.25, -0.2) is 14.4 Å². The number of halogens is 1. The molecule has 0 radical (unpaired) electrons. The van der Waals surface area contributed by atoms with Crippen LogP contribution in [0.1, 0.15) is 150 Å². The quantitative estimate of drug-likeness (QED) is 0.00951. The van der Waals surface area contributed by atoms with Crippen LogP contribution in [0.15, 0.2) is 84.0 Å². The summed E-state index contributed by atoms with van der Waals surface area (Å²) in [6.07, 6.45) is -0.163. The van der Waals surface area contributed by atoms with Crippen LogP contribution in [0.5, 0.6) is 5.75 Å². The molecule has 0 unspecified atom stereocenters. The van der Waals surface area contributed by atoms with Gasteiger partial charge in [-0.1, -0.05) is 71.3 Å². The highest BCUT2D eigenvalue weighted by Crippen LogP contribution is 2.21.